The predicted octanol–water partition coefficient (Wildman–Crippen LogP) is 3.62. The van der Waals surface area contributed by atoms with E-state index in [0.29, 0.717) is 22.0 Å². The Balaban J connectivity index is 1.55. The highest BCUT2D eigenvalue weighted by Crippen LogP contribution is 2.18. The summed E-state index contributed by atoms with van der Waals surface area (Å²) in [6.07, 6.45) is 3.56. The van der Waals surface area contributed by atoms with Gasteiger partial charge in [-0.15, -0.1) is 11.3 Å². The number of thiophene rings is 1. The molecule has 27 heavy (non-hydrogen) atoms. The molecule has 1 N–H and O–H groups in total. The van der Waals surface area contributed by atoms with Gasteiger partial charge < -0.3 is 9.88 Å². The number of benzene rings is 1. The minimum Gasteiger partial charge on any atom is -0.331 e. The van der Waals surface area contributed by atoms with Crippen LogP contribution in [-0.4, -0.2) is 27.0 Å². The lowest BCUT2D eigenvalue weighted by Crippen LogP contribution is -2.13. The van der Waals surface area contributed by atoms with Gasteiger partial charge in [0.1, 0.15) is 0 Å². The first-order valence-electron chi connectivity index (χ1n) is 8.45. The van der Waals surface area contributed by atoms with Crippen molar-refractivity contribution in [3.05, 3.63) is 69.9 Å². The number of amides is 1. The number of aromatic nitrogens is 2. The number of hydrogen-bond donors (Lipinski definition) is 1. The Morgan fingerprint density at radius 3 is 2.41 bits per heavy atom. The van der Waals surface area contributed by atoms with Crippen molar-refractivity contribution in [3.63, 3.8) is 0 Å². The molecule has 138 valence electrons. The predicted molar refractivity (Wildman–Crippen MR) is 104 cm³/mol. The maximum Gasteiger partial charge on any atom is 0.228 e. The first-order valence-corrected chi connectivity index (χ1v) is 9.27. The molecule has 2 heterocycles. The average molecular weight is 381 g/mol. The number of nitrogens with zero attached hydrogens (tertiary/aromatic N) is 2. The fraction of sp³-hybridized carbons (Fsp3) is 0.200. The summed E-state index contributed by atoms with van der Waals surface area (Å²) in [5, 5.41) is 2.75. The molecule has 0 atom stereocenters. The van der Waals surface area contributed by atoms with Crippen molar-refractivity contribution in [1.82, 2.24) is 9.55 Å². The molecular weight excluding hydrogens is 362 g/mol. The third kappa shape index (κ3) is 4.57. The van der Waals surface area contributed by atoms with Gasteiger partial charge in [-0.2, -0.15) is 0 Å². The molecule has 3 aromatic rings. The summed E-state index contributed by atoms with van der Waals surface area (Å²) >= 11 is 1.44. The smallest absolute Gasteiger partial charge is 0.228 e. The Labute approximate surface area is 160 Å². The summed E-state index contributed by atoms with van der Waals surface area (Å²) in [5.74, 6) is -0.0922. The normalized spacial score (nSPS) is 10.6. The van der Waals surface area contributed by atoms with E-state index in [-0.39, 0.29) is 30.3 Å². The number of imidazole rings is 1. The monoisotopic (exact) mass is 381 g/mol. The van der Waals surface area contributed by atoms with E-state index in [2.05, 4.69) is 10.3 Å². The molecule has 3 rings (SSSR count). The molecule has 0 radical (unpaired) electrons. The molecule has 1 aromatic carbocycles. The number of anilines is 1. The van der Waals surface area contributed by atoms with Crippen LogP contribution in [0.25, 0.3) is 0 Å². The molecule has 0 aliphatic rings. The topological polar surface area (TPSA) is 81.1 Å². The second kappa shape index (κ2) is 8.09. The van der Waals surface area contributed by atoms with E-state index in [0.717, 1.165) is 4.88 Å². The first kappa shape index (κ1) is 18.7. The third-order valence-electron chi connectivity index (χ3n) is 4.05. The van der Waals surface area contributed by atoms with Gasteiger partial charge in [0, 0.05) is 48.4 Å². The lowest BCUT2D eigenvalue weighted by atomic mass is 10.1. The molecule has 2 aromatic heterocycles. The van der Waals surface area contributed by atoms with E-state index in [1.54, 1.807) is 54.3 Å². The van der Waals surface area contributed by atoms with E-state index in [9.17, 15) is 14.4 Å². The van der Waals surface area contributed by atoms with E-state index in [1.807, 2.05) is 13.0 Å². The van der Waals surface area contributed by atoms with Crippen LogP contribution in [0, 0.1) is 6.92 Å². The average Bonchev–Trinajstić information content (AvgIpc) is 3.28. The summed E-state index contributed by atoms with van der Waals surface area (Å²) in [5.41, 5.74) is 1.07. The highest BCUT2D eigenvalue weighted by atomic mass is 32.1. The number of hydrogen-bond acceptors (Lipinski definition) is 5. The minimum atomic E-state index is -0.236. The number of Topliss-reactive ketones (excluding diaryl/α,β-unsaturated/α-hetero) is 1. The quantitative estimate of drug-likeness (QED) is 0.634. The van der Waals surface area contributed by atoms with Crippen LogP contribution in [0.15, 0.2) is 48.8 Å². The van der Waals surface area contributed by atoms with Crippen molar-refractivity contribution in [2.75, 3.05) is 5.32 Å². The maximum absolute atomic E-state index is 12.4. The summed E-state index contributed by atoms with van der Waals surface area (Å²) in [6.45, 7) is 1.94. The Morgan fingerprint density at radius 1 is 1.07 bits per heavy atom. The van der Waals surface area contributed by atoms with Crippen LogP contribution >= 0.6 is 11.3 Å². The highest BCUT2D eigenvalue weighted by molar-refractivity contribution is 7.14. The highest BCUT2D eigenvalue weighted by Gasteiger charge is 2.14. The van der Waals surface area contributed by atoms with Crippen molar-refractivity contribution < 1.29 is 14.4 Å². The van der Waals surface area contributed by atoms with Crippen LogP contribution in [0.3, 0.4) is 0 Å². The number of carbonyl (C=O) groups is 3. The van der Waals surface area contributed by atoms with Crippen molar-refractivity contribution in [3.8, 4) is 0 Å². The molecule has 7 heteroatoms. The molecule has 0 saturated carbocycles. The summed E-state index contributed by atoms with van der Waals surface area (Å²) < 4.78 is 1.66. The molecular formula is C20H19N3O3S. The molecule has 0 spiro atoms. The summed E-state index contributed by atoms with van der Waals surface area (Å²) in [7, 11) is 1.76. The van der Waals surface area contributed by atoms with Gasteiger partial charge in [0.2, 0.25) is 11.7 Å². The van der Waals surface area contributed by atoms with Gasteiger partial charge in [-0.05, 0) is 43.3 Å². The first-order chi connectivity index (χ1) is 12.9. The molecule has 0 aliphatic carbocycles. The largest absolute Gasteiger partial charge is 0.331 e. The van der Waals surface area contributed by atoms with Crippen molar-refractivity contribution in [1.29, 1.82) is 0 Å². The number of aryl methyl sites for hydroxylation is 2. The lowest BCUT2D eigenvalue weighted by molar-refractivity contribution is -0.116. The van der Waals surface area contributed by atoms with E-state index in [4.69, 9.17) is 0 Å². The zero-order valence-electron chi connectivity index (χ0n) is 15.1. The number of ketones is 2. The molecule has 0 saturated heterocycles. The van der Waals surface area contributed by atoms with Gasteiger partial charge in [0.15, 0.2) is 11.6 Å². The van der Waals surface area contributed by atoms with E-state index >= 15 is 0 Å². The van der Waals surface area contributed by atoms with Gasteiger partial charge in [0.05, 0.1) is 4.88 Å². The molecule has 0 bridgehead atoms. The van der Waals surface area contributed by atoms with Crippen LogP contribution in [0.2, 0.25) is 0 Å². The Morgan fingerprint density at radius 2 is 1.81 bits per heavy atom. The Kier molecular flexibility index (Phi) is 5.61. The number of nitrogens with one attached hydrogen (secondary N) is 1. The molecule has 0 aliphatic heterocycles. The molecule has 0 fully saturated rings. The van der Waals surface area contributed by atoms with Gasteiger partial charge in [0.25, 0.3) is 0 Å². The van der Waals surface area contributed by atoms with Crippen LogP contribution < -0.4 is 5.32 Å². The van der Waals surface area contributed by atoms with Crippen LogP contribution in [0.1, 0.15) is 43.6 Å². The molecule has 1 amide bonds. The van der Waals surface area contributed by atoms with Gasteiger partial charge in [-0.3, -0.25) is 14.4 Å². The summed E-state index contributed by atoms with van der Waals surface area (Å²) in [4.78, 5) is 42.3. The Hall–Kier alpha value is -3.06. The lowest BCUT2D eigenvalue weighted by Gasteiger charge is -2.06. The van der Waals surface area contributed by atoms with Crippen molar-refractivity contribution in [2.45, 2.75) is 19.8 Å². The van der Waals surface area contributed by atoms with Gasteiger partial charge in [-0.1, -0.05) is 0 Å². The number of rotatable bonds is 7. The van der Waals surface area contributed by atoms with E-state index < -0.39 is 0 Å². The summed E-state index contributed by atoms with van der Waals surface area (Å²) in [6, 6.07) is 10.3. The van der Waals surface area contributed by atoms with Crippen LogP contribution in [0.4, 0.5) is 5.69 Å². The standard InChI is InChI=1S/C20H19N3O3S/c1-13-3-9-17(27-13)16(24)8-10-18(25)22-15-6-4-14(5-7-15)19(26)20-21-11-12-23(20)2/h3-7,9,11-12H,8,10H2,1-2H3,(H,22,25). The second-order valence-corrected chi connectivity index (χ2v) is 7.44. The van der Waals surface area contributed by atoms with Crippen molar-refractivity contribution >= 4 is 34.5 Å². The minimum absolute atomic E-state index is 0.0285. The fourth-order valence-electron chi connectivity index (χ4n) is 2.58. The zero-order chi connectivity index (χ0) is 19.4. The van der Waals surface area contributed by atoms with Crippen LogP contribution in [-0.2, 0) is 11.8 Å². The SMILES string of the molecule is Cc1ccc(C(=O)CCC(=O)Nc2ccc(C(=O)c3nccn3C)cc2)s1. The fourth-order valence-corrected chi connectivity index (χ4v) is 3.41. The van der Waals surface area contributed by atoms with Gasteiger partial charge >= 0.3 is 0 Å². The van der Waals surface area contributed by atoms with Gasteiger partial charge in [-0.25, -0.2) is 4.98 Å². The molecule has 6 nitrogen and oxygen atoms in total. The third-order valence-corrected chi connectivity index (χ3v) is 5.09. The second-order valence-electron chi connectivity index (χ2n) is 6.15. The Bertz CT molecular complexity index is 986. The van der Waals surface area contributed by atoms with Crippen LogP contribution in [0.5, 0.6) is 0 Å². The zero-order valence-corrected chi connectivity index (χ0v) is 15.9. The maximum atomic E-state index is 12.4. The van der Waals surface area contributed by atoms with E-state index in [1.165, 1.54) is 11.3 Å². The van der Waals surface area contributed by atoms with Crippen molar-refractivity contribution in [2.24, 2.45) is 7.05 Å². The number of carbonyl (C=O) groups excluding carboxylic acids is 3. The molecule has 0 unspecified atom stereocenters.